The molecule has 9 heteroatoms. The molecule has 0 bridgehead atoms. The number of carbonyl (C=O) groups excluding carboxylic acids is 1. The smallest absolute Gasteiger partial charge is 0.257 e. The number of carbonyl (C=O) groups is 1. The minimum atomic E-state index is -3.80. The zero-order chi connectivity index (χ0) is 23.5. The van der Waals surface area contributed by atoms with Crippen LogP contribution in [-0.2, 0) is 10.0 Å². The van der Waals surface area contributed by atoms with Crippen LogP contribution in [0.3, 0.4) is 0 Å². The molecule has 2 aromatic carbocycles. The fourth-order valence-electron chi connectivity index (χ4n) is 3.88. The highest BCUT2D eigenvalue weighted by molar-refractivity contribution is 7.89. The molecule has 2 aromatic rings. The van der Waals surface area contributed by atoms with Gasteiger partial charge in [0.05, 0.1) is 16.1 Å². The predicted octanol–water partition coefficient (Wildman–Crippen LogP) is 4.48. The van der Waals surface area contributed by atoms with Gasteiger partial charge in [0.2, 0.25) is 10.0 Å². The SMILES string of the molecule is CCN(CC)S(=O)(=O)c1ccc(N2CCC(C)CC2)c(C(=O)Nc2cc(F)ccc2F)c1. The van der Waals surface area contributed by atoms with Gasteiger partial charge in [-0.3, -0.25) is 4.79 Å². The summed E-state index contributed by atoms with van der Waals surface area (Å²) in [5.74, 6) is -1.60. The van der Waals surface area contributed by atoms with Gasteiger partial charge in [-0.15, -0.1) is 0 Å². The number of nitrogens with zero attached hydrogens (tertiary/aromatic N) is 2. The standard InChI is InChI=1S/C23H29F2N3O3S/c1-4-28(5-2)32(30,31)18-7-9-22(27-12-10-16(3)11-13-27)19(15-18)23(29)26-21-14-17(24)6-8-20(21)25/h6-9,14-16H,4-5,10-13H2,1-3H3,(H,26,29). The highest BCUT2D eigenvalue weighted by atomic mass is 32.2. The van der Waals surface area contributed by atoms with Crippen LogP contribution in [0.15, 0.2) is 41.3 Å². The van der Waals surface area contributed by atoms with E-state index in [1.165, 1.54) is 16.4 Å². The molecule has 0 saturated carbocycles. The van der Waals surface area contributed by atoms with Gasteiger partial charge in [0.15, 0.2) is 0 Å². The Kier molecular flexibility index (Phi) is 7.51. The molecule has 32 heavy (non-hydrogen) atoms. The third-order valence-corrected chi connectivity index (χ3v) is 7.90. The van der Waals surface area contributed by atoms with Gasteiger partial charge in [0, 0.05) is 37.9 Å². The topological polar surface area (TPSA) is 69.7 Å². The van der Waals surface area contributed by atoms with E-state index < -0.39 is 27.6 Å². The van der Waals surface area contributed by atoms with Gasteiger partial charge in [-0.05, 0) is 49.1 Å². The van der Waals surface area contributed by atoms with E-state index in [9.17, 15) is 22.0 Å². The molecule has 3 rings (SSSR count). The van der Waals surface area contributed by atoms with Gasteiger partial charge in [-0.2, -0.15) is 4.31 Å². The number of piperidine rings is 1. The first-order valence-electron chi connectivity index (χ1n) is 10.8. The highest BCUT2D eigenvalue weighted by Gasteiger charge is 2.27. The van der Waals surface area contributed by atoms with Gasteiger partial charge in [-0.1, -0.05) is 20.8 Å². The monoisotopic (exact) mass is 465 g/mol. The van der Waals surface area contributed by atoms with Crippen LogP contribution < -0.4 is 10.2 Å². The molecule has 1 fully saturated rings. The fourth-order valence-corrected chi connectivity index (χ4v) is 5.36. The molecule has 1 heterocycles. The number of hydrogen-bond donors (Lipinski definition) is 1. The maximum Gasteiger partial charge on any atom is 0.257 e. The minimum Gasteiger partial charge on any atom is -0.371 e. The Morgan fingerprint density at radius 2 is 1.75 bits per heavy atom. The van der Waals surface area contributed by atoms with Crippen molar-refractivity contribution in [2.45, 2.75) is 38.5 Å². The Bertz CT molecular complexity index is 1080. The Morgan fingerprint density at radius 1 is 1.09 bits per heavy atom. The van der Waals surface area contributed by atoms with E-state index in [1.807, 2.05) is 4.90 Å². The average molecular weight is 466 g/mol. The molecule has 0 aromatic heterocycles. The summed E-state index contributed by atoms with van der Waals surface area (Å²) in [5, 5.41) is 2.40. The van der Waals surface area contributed by atoms with Crippen molar-refractivity contribution in [2.75, 3.05) is 36.4 Å². The predicted molar refractivity (Wildman–Crippen MR) is 121 cm³/mol. The van der Waals surface area contributed by atoms with Crippen LogP contribution in [0, 0.1) is 17.6 Å². The molecule has 1 aliphatic heterocycles. The lowest BCUT2D eigenvalue weighted by Crippen LogP contribution is -2.35. The number of nitrogens with one attached hydrogen (secondary N) is 1. The van der Waals surface area contributed by atoms with Crippen molar-refractivity contribution in [1.82, 2.24) is 4.31 Å². The van der Waals surface area contributed by atoms with Crippen molar-refractivity contribution in [2.24, 2.45) is 5.92 Å². The maximum atomic E-state index is 14.1. The second-order valence-electron chi connectivity index (χ2n) is 8.02. The summed E-state index contributed by atoms with van der Waals surface area (Å²) in [4.78, 5) is 15.2. The summed E-state index contributed by atoms with van der Waals surface area (Å²) in [6.07, 6.45) is 1.89. The largest absolute Gasteiger partial charge is 0.371 e. The van der Waals surface area contributed by atoms with Gasteiger partial charge in [0.1, 0.15) is 11.6 Å². The summed E-state index contributed by atoms with van der Waals surface area (Å²) in [6, 6.07) is 7.24. The van der Waals surface area contributed by atoms with Gasteiger partial charge < -0.3 is 10.2 Å². The van der Waals surface area contributed by atoms with Crippen molar-refractivity contribution >= 4 is 27.3 Å². The van der Waals surface area contributed by atoms with Crippen molar-refractivity contribution in [3.8, 4) is 0 Å². The van der Waals surface area contributed by atoms with Gasteiger partial charge >= 0.3 is 0 Å². The van der Waals surface area contributed by atoms with Crippen LogP contribution in [0.5, 0.6) is 0 Å². The quantitative estimate of drug-likeness (QED) is 0.655. The first-order chi connectivity index (χ1) is 15.2. The lowest BCUT2D eigenvalue weighted by molar-refractivity contribution is 0.102. The number of sulfonamides is 1. The van der Waals surface area contributed by atoms with Crippen molar-refractivity contribution < 1.29 is 22.0 Å². The molecule has 1 N–H and O–H groups in total. The number of amides is 1. The number of halogens is 2. The lowest BCUT2D eigenvalue weighted by Gasteiger charge is -2.33. The van der Waals surface area contributed by atoms with E-state index in [0.29, 0.717) is 24.7 Å². The van der Waals surface area contributed by atoms with Gasteiger partial charge in [-0.25, -0.2) is 17.2 Å². The van der Waals surface area contributed by atoms with Crippen molar-refractivity contribution in [3.05, 3.63) is 53.6 Å². The summed E-state index contributed by atoms with van der Waals surface area (Å²) in [5.41, 5.74) is 0.381. The summed E-state index contributed by atoms with van der Waals surface area (Å²) in [6.45, 7) is 7.67. The number of rotatable bonds is 7. The van der Waals surface area contributed by atoms with Crippen LogP contribution in [0.2, 0.25) is 0 Å². The molecule has 1 amide bonds. The zero-order valence-corrected chi connectivity index (χ0v) is 19.4. The summed E-state index contributed by atoms with van der Waals surface area (Å²) in [7, 11) is -3.80. The van der Waals surface area contributed by atoms with E-state index in [4.69, 9.17) is 0 Å². The number of anilines is 2. The molecular formula is C23H29F2N3O3S. The molecular weight excluding hydrogens is 436 g/mol. The Labute approximate surface area is 188 Å². The summed E-state index contributed by atoms with van der Waals surface area (Å²) >= 11 is 0. The Morgan fingerprint density at radius 3 is 2.38 bits per heavy atom. The Hall–Kier alpha value is -2.52. The van der Waals surface area contributed by atoms with Crippen LogP contribution in [-0.4, -0.2) is 44.8 Å². The number of hydrogen-bond acceptors (Lipinski definition) is 4. The average Bonchev–Trinajstić information content (AvgIpc) is 2.77. The highest BCUT2D eigenvalue weighted by Crippen LogP contribution is 2.30. The molecule has 0 unspecified atom stereocenters. The Balaban J connectivity index is 2.04. The van der Waals surface area contributed by atoms with Crippen molar-refractivity contribution in [3.63, 3.8) is 0 Å². The third-order valence-electron chi connectivity index (χ3n) is 5.86. The summed E-state index contributed by atoms with van der Waals surface area (Å²) < 4.78 is 55.1. The zero-order valence-electron chi connectivity index (χ0n) is 18.6. The van der Waals surface area contributed by atoms with Crippen LogP contribution >= 0.6 is 0 Å². The molecule has 6 nitrogen and oxygen atoms in total. The second kappa shape index (κ2) is 9.95. The lowest BCUT2D eigenvalue weighted by atomic mass is 9.98. The minimum absolute atomic E-state index is 0.0137. The fraction of sp³-hybridized carbons (Fsp3) is 0.435. The molecule has 0 spiro atoms. The third kappa shape index (κ3) is 5.10. The maximum absolute atomic E-state index is 14.1. The molecule has 0 atom stereocenters. The molecule has 1 aliphatic rings. The van der Waals surface area contributed by atoms with Crippen LogP contribution in [0.4, 0.5) is 20.2 Å². The van der Waals surface area contributed by atoms with Gasteiger partial charge in [0.25, 0.3) is 5.91 Å². The van der Waals surface area contributed by atoms with Crippen LogP contribution in [0.1, 0.15) is 44.0 Å². The molecule has 0 aliphatic carbocycles. The van der Waals surface area contributed by atoms with E-state index in [-0.39, 0.29) is 16.1 Å². The van der Waals surface area contributed by atoms with E-state index in [2.05, 4.69) is 12.2 Å². The first kappa shape index (κ1) is 24.1. The van der Waals surface area contributed by atoms with Crippen molar-refractivity contribution in [1.29, 1.82) is 0 Å². The molecule has 1 saturated heterocycles. The number of benzene rings is 2. The second-order valence-corrected chi connectivity index (χ2v) is 9.95. The van der Waals surface area contributed by atoms with E-state index in [1.54, 1.807) is 19.9 Å². The van der Waals surface area contributed by atoms with E-state index >= 15 is 0 Å². The molecule has 0 radical (unpaired) electrons. The molecule has 174 valence electrons. The first-order valence-corrected chi connectivity index (χ1v) is 12.3. The van der Waals surface area contributed by atoms with E-state index in [0.717, 1.165) is 44.1 Å². The normalized spacial score (nSPS) is 15.2. The van der Waals surface area contributed by atoms with Crippen LogP contribution in [0.25, 0.3) is 0 Å².